The van der Waals surface area contributed by atoms with Crippen molar-refractivity contribution in [1.82, 2.24) is 10.6 Å². The van der Waals surface area contributed by atoms with Gasteiger partial charge in [-0.2, -0.15) is 8.78 Å². The van der Waals surface area contributed by atoms with Crippen molar-refractivity contribution >= 4 is 23.5 Å². The highest BCUT2D eigenvalue weighted by molar-refractivity contribution is 6.30. The van der Waals surface area contributed by atoms with Crippen LogP contribution in [0.1, 0.15) is 21.9 Å². The molecule has 0 fully saturated rings. The lowest BCUT2D eigenvalue weighted by molar-refractivity contribution is -0.0504. The molecule has 0 bridgehead atoms. The van der Waals surface area contributed by atoms with Crippen LogP contribution in [-0.4, -0.2) is 25.5 Å². The van der Waals surface area contributed by atoms with Crippen LogP contribution in [0.4, 0.5) is 8.78 Å². The Labute approximate surface area is 153 Å². The molecule has 2 aromatic rings. The Morgan fingerprint density at radius 1 is 1.31 bits per heavy atom. The van der Waals surface area contributed by atoms with Crippen LogP contribution in [0.2, 0.25) is 5.02 Å². The van der Waals surface area contributed by atoms with Crippen LogP contribution in [0.15, 0.2) is 39.7 Å². The first-order chi connectivity index (χ1) is 12.4. The molecule has 0 spiro atoms. The second kappa shape index (κ2) is 9.04. The molecule has 26 heavy (non-hydrogen) atoms. The van der Waals surface area contributed by atoms with Crippen molar-refractivity contribution in [2.75, 3.05) is 7.05 Å². The molecule has 1 heterocycles. The van der Waals surface area contributed by atoms with E-state index in [9.17, 15) is 13.6 Å². The van der Waals surface area contributed by atoms with Crippen molar-refractivity contribution < 1.29 is 22.7 Å². The third-order valence-electron chi connectivity index (χ3n) is 3.24. The van der Waals surface area contributed by atoms with Crippen LogP contribution in [-0.2, 0) is 13.1 Å². The van der Waals surface area contributed by atoms with Crippen LogP contribution in [0, 0.1) is 0 Å². The van der Waals surface area contributed by atoms with Crippen molar-refractivity contribution in [1.29, 1.82) is 0 Å². The van der Waals surface area contributed by atoms with Gasteiger partial charge in [0.1, 0.15) is 11.5 Å². The van der Waals surface area contributed by atoms with E-state index < -0.39 is 12.5 Å². The zero-order chi connectivity index (χ0) is 19.1. The minimum atomic E-state index is -2.94. The molecule has 4 N–H and O–H groups in total. The summed E-state index contributed by atoms with van der Waals surface area (Å²) in [6, 6.07) is 7.42. The van der Waals surface area contributed by atoms with E-state index in [0.717, 1.165) is 0 Å². The van der Waals surface area contributed by atoms with Gasteiger partial charge in [0.25, 0.3) is 5.91 Å². The first-order valence-electron chi connectivity index (χ1n) is 7.45. The minimum Gasteiger partial charge on any atom is -0.454 e. The quantitative estimate of drug-likeness (QED) is 0.501. The molecular formula is C16H17ClF2N4O3. The van der Waals surface area contributed by atoms with Gasteiger partial charge in [-0.3, -0.25) is 9.79 Å². The molecule has 1 aromatic carbocycles. The number of ether oxygens (including phenoxy) is 1. The van der Waals surface area contributed by atoms with E-state index >= 15 is 0 Å². The summed E-state index contributed by atoms with van der Waals surface area (Å²) in [4.78, 5) is 15.0. The van der Waals surface area contributed by atoms with Gasteiger partial charge in [-0.1, -0.05) is 11.6 Å². The number of nitrogens with zero attached hydrogens (tertiary/aromatic N) is 1. The van der Waals surface area contributed by atoms with E-state index in [1.54, 1.807) is 13.1 Å². The number of furan rings is 1. The number of aliphatic imine (C=N–C) groups is 1. The summed E-state index contributed by atoms with van der Waals surface area (Å²) in [6.07, 6.45) is 0. The van der Waals surface area contributed by atoms with Crippen molar-refractivity contribution in [2.24, 2.45) is 10.7 Å². The second-order valence-corrected chi connectivity index (χ2v) is 5.48. The van der Waals surface area contributed by atoms with E-state index in [4.69, 9.17) is 21.8 Å². The summed E-state index contributed by atoms with van der Waals surface area (Å²) in [7, 11) is 1.54. The van der Waals surface area contributed by atoms with Crippen molar-refractivity contribution in [3.8, 4) is 5.75 Å². The van der Waals surface area contributed by atoms with Gasteiger partial charge in [-0.25, -0.2) is 0 Å². The Balaban J connectivity index is 1.96. The fourth-order valence-corrected chi connectivity index (χ4v) is 2.27. The van der Waals surface area contributed by atoms with E-state index in [2.05, 4.69) is 20.4 Å². The number of nitrogens with one attached hydrogen (secondary N) is 2. The lowest BCUT2D eigenvalue weighted by Gasteiger charge is -2.14. The normalized spacial score (nSPS) is 11.5. The summed E-state index contributed by atoms with van der Waals surface area (Å²) >= 11 is 5.90. The second-order valence-electron chi connectivity index (χ2n) is 5.04. The number of guanidine groups is 1. The largest absolute Gasteiger partial charge is 0.454 e. The van der Waals surface area contributed by atoms with Crippen LogP contribution in [0.25, 0.3) is 0 Å². The number of carbonyl (C=O) groups is 1. The fourth-order valence-electron chi connectivity index (χ4n) is 2.07. The first kappa shape index (κ1) is 19.5. The number of carbonyl (C=O) groups excluding carboxylic acids is 1. The van der Waals surface area contributed by atoms with E-state index in [1.165, 1.54) is 24.3 Å². The number of rotatable bonds is 7. The van der Waals surface area contributed by atoms with Crippen LogP contribution >= 0.6 is 11.6 Å². The first-order valence-corrected chi connectivity index (χ1v) is 7.83. The third kappa shape index (κ3) is 5.62. The Kier molecular flexibility index (Phi) is 6.79. The summed E-state index contributed by atoms with van der Waals surface area (Å²) < 4.78 is 34.7. The van der Waals surface area contributed by atoms with E-state index in [1.807, 2.05) is 0 Å². The molecule has 0 radical (unpaired) electrons. The van der Waals surface area contributed by atoms with Crippen molar-refractivity contribution in [2.45, 2.75) is 19.7 Å². The smallest absolute Gasteiger partial charge is 0.387 e. The average molecular weight is 387 g/mol. The maximum absolute atomic E-state index is 12.5. The van der Waals surface area contributed by atoms with Gasteiger partial charge < -0.3 is 25.5 Å². The number of hydrogen-bond acceptors (Lipinski definition) is 4. The predicted molar refractivity (Wildman–Crippen MR) is 92.3 cm³/mol. The average Bonchev–Trinajstić information content (AvgIpc) is 3.06. The lowest BCUT2D eigenvalue weighted by Crippen LogP contribution is -2.36. The van der Waals surface area contributed by atoms with Crippen molar-refractivity contribution in [3.05, 3.63) is 52.4 Å². The standard InChI is InChI=1S/C16H17ClF2N4O3/c1-21-16(23-8-11-3-5-13(25-11)14(20)24)22-7-9-6-10(17)2-4-12(9)26-15(18)19/h2-6,15H,7-8H2,1H3,(H2,20,24)(H2,21,22,23). The topological polar surface area (TPSA) is 102 Å². The highest BCUT2D eigenvalue weighted by Gasteiger charge is 2.11. The zero-order valence-electron chi connectivity index (χ0n) is 13.8. The molecule has 0 saturated heterocycles. The number of benzene rings is 1. The molecule has 0 aliphatic carbocycles. The third-order valence-corrected chi connectivity index (χ3v) is 3.48. The molecule has 10 heteroatoms. The molecule has 0 aliphatic heterocycles. The summed E-state index contributed by atoms with van der Waals surface area (Å²) in [5.41, 5.74) is 5.56. The summed E-state index contributed by atoms with van der Waals surface area (Å²) in [5.74, 6) is 0.268. The van der Waals surface area contributed by atoms with Gasteiger partial charge in [-0.15, -0.1) is 0 Å². The minimum absolute atomic E-state index is 0.0180. The SMILES string of the molecule is CN=C(NCc1ccc(C(N)=O)o1)NCc1cc(Cl)ccc1OC(F)F. The van der Waals surface area contributed by atoms with Gasteiger partial charge in [0.15, 0.2) is 11.7 Å². The number of amides is 1. The van der Waals surface area contributed by atoms with Crippen LogP contribution in [0.5, 0.6) is 5.75 Å². The number of halogens is 3. The van der Waals surface area contributed by atoms with Crippen LogP contribution < -0.4 is 21.1 Å². The molecule has 140 valence electrons. The molecular weight excluding hydrogens is 370 g/mol. The molecule has 0 aliphatic rings. The Bertz CT molecular complexity index is 796. The van der Waals surface area contributed by atoms with Gasteiger partial charge in [-0.05, 0) is 30.3 Å². The summed E-state index contributed by atoms with van der Waals surface area (Å²) in [5, 5.41) is 6.29. The van der Waals surface area contributed by atoms with Gasteiger partial charge >= 0.3 is 6.61 Å². The molecule has 0 unspecified atom stereocenters. The Morgan fingerprint density at radius 2 is 2.04 bits per heavy atom. The predicted octanol–water partition coefficient (Wildman–Crippen LogP) is 2.50. The molecule has 2 rings (SSSR count). The molecule has 0 atom stereocenters. The maximum Gasteiger partial charge on any atom is 0.387 e. The maximum atomic E-state index is 12.5. The summed E-state index contributed by atoms with van der Waals surface area (Å²) in [6.45, 7) is -2.55. The zero-order valence-corrected chi connectivity index (χ0v) is 14.5. The molecule has 1 amide bonds. The molecule has 1 aromatic heterocycles. The fraction of sp³-hybridized carbons (Fsp3) is 0.250. The van der Waals surface area contributed by atoms with Crippen LogP contribution in [0.3, 0.4) is 0 Å². The number of primary amides is 1. The Hall–Kier alpha value is -2.81. The van der Waals surface area contributed by atoms with Crippen molar-refractivity contribution in [3.63, 3.8) is 0 Å². The Morgan fingerprint density at radius 3 is 2.65 bits per heavy atom. The molecule has 7 nitrogen and oxygen atoms in total. The van der Waals surface area contributed by atoms with E-state index in [-0.39, 0.29) is 24.6 Å². The van der Waals surface area contributed by atoms with E-state index in [0.29, 0.717) is 22.3 Å². The van der Waals surface area contributed by atoms with Gasteiger partial charge in [0.2, 0.25) is 0 Å². The number of hydrogen-bond donors (Lipinski definition) is 3. The number of alkyl halides is 2. The highest BCUT2D eigenvalue weighted by Crippen LogP contribution is 2.24. The molecule has 0 saturated carbocycles. The number of nitrogens with two attached hydrogens (primary N) is 1. The van der Waals surface area contributed by atoms with Gasteiger partial charge in [0.05, 0.1) is 6.54 Å². The highest BCUT2D eigenvalue weighted by atomic mass is 35.5. The monoisotopic (exact) mass is 386 g/mol. The lowest BCUT2D eigenvalue weighted by atomic mass is 10.2. The van der Waals surface area contributed by atoms with Gasteiger partial charge in [0, 0.05) is 24.2 Å².